The molecule has 1 fully saturated rings. The third kappa shape index (κ3) is 2.44. The molecule has 4 heteroatoms. The van der Waals surface area contributed by atoms with E-state index >= 15 is 0 Å². The van der Waals surface area contributed by atoms with Crippen LogP contribution in [-0.2, 0) is 0 Å². The molecule has 2 aromatic heterocycles. The Morgan fingerprint density at radius 3 is 2.50 bits per heavy atom. The van der Waals surface area contributed by atoms with Gasteiger partial charge in [0.15, 0.2) is 5.82 Å². The molecule has 0 atom stereocenters. The maximum atomic E-state index is 6.16. The van der Waals surface area contributed by atoms with E-state index in [0.717, 1.165) is 35.0 Å². The minimum Gasteiger partial charge on any atom is -0.355 e. The largest absolute Gasteiger partial charge is 0.355 e. The van der Waals surface area contributed by atoms with E-state index in [1.807, 2.05) is 18.2 Å². The molecule has 1 aliphatic heterocycles. The van der Waals surface area contributed by atoms with Crippen molar-refractivity contribution in [3.8, 4) is 0 Å². The van der Waals surface area contributed by atoms with E-state index in [4.69, 9.17) is 16.6 Å². The van der Waals surface area contributed by atoms with Gasteiger partial charge in [-0.05, 0) is 43.2 Å². The van der Waals surface area contributed by atoms with Crippen LogP contribution in [0.1, 0.15) is 32.1 Å². The highest BCUT2D eigenvalue weighted by Crippen LogP contribution is 2.28. The standard InChI is InChI=1S/C18H20ClN3/c19-14-8-9-15-17(13-14)22-12-6-7-16(22)18(20-15)21-10-4-2-1-3-5-11-21/h6-9,12-13H,1-5,10-11H2. The van der Waals surface area contributed by atoms with Crippen molar-refractivity contribution in [2.45, 2.75) is 32.1 Å². The number of halogens is 1. The molecule has 0 spiro atoms. The quantitative estimate of drug-likeness (QED) is 0.636. The van der Waals surface area contributed by atoms with Crippen molar-refractivity contribution in [3.63, 3.8) is 0 Å². The molecule has 0 radical (unpaired) electrons. The molecule has 0 saturated carbocycles. The summed E-state index contributed by atoms with van der Waals surface area (Å²) in [4.78, 5) is 7.42. The van der Waals surface area contributed by atoms with Gasteiger partial charge < -0.3 is 9.30 Å². The van der Waals surface area contributed by atoms with Crippen LogP contribution in [0.2, 0.25) is 5.02 Å². The van der Waals surface area contributed by atoms with Crippen LogP contribution in [0.15, 0.2) is 36.5 Å². The van der Waals surface area contributed by atoms with Crippen molar-refractivity contribution < 1.29 is 0 Å². The summed E-state index contributed by atoms with van der Waals surface area (Å²) in [7, 11) is 0. The molecule has 22 heavy (non-hydrogen) atoms. The Labute approximate surface area is 135 Å². The lowest BCUT2D eigenvalue weighted by molar-refractivity contribution is 0.554. The fourth-order valence-electron chi connectivity index (χ4n) is 3.42. The zero-order chi connectivity index (χ0) is 14.9. The first kappa shape index (κ1) is 13.9. The molecule has 1 aliphatic rings. The summed E-state index contributed by atoms with van der Waals surface area (Å²) in [6, 6.07) is 10.2. The Morgan fingerprint density at radius 1 is 0.909 bits per heavy atom. The van der Waals surface area contributed by atoms with E-state index in [1.165, 1.54) is 37.6 Å². The predicted octanol–water partition coefficient (Wildman–Crippen LogP) is 4.91. The van der Waals surface area contributed by atoms with Crippen LogP contribution in [0.3, 0.4) is 0 Å². The van der Waals surface area contributed by atoms with Crippen molar-refractivity contribution in [1.82, 2.24) is 9.38 Å². The van der Waals surface area contributed by atoms with Crippen molar-refractivity contribution in [3.05, 3.63) is 41.6 Å². The number of fused-ring (bicyclic) bond motifs is 3. The number of aromatic nitrogens is 2. The van der Waals surface area contributed by atoms with Gasteiger partial charge in [-0.3, -0.25) is 0 Å². The van der Waals surface area contributed by atoms with Crippen LogP contribution in [-0.4, -0.2) is 22.5 Å². The van der Waals surface area contributed by atoms with Crippen molar-refractivity contribution in [2.75, 3.05) is 18.0 Å². The number of anilines is 1. The molecule has 0 bridgehead atoms. The number of hydrogen-bond donors (Lipinski definition) is 0. The van der Waals surface area contributed by atoms with Gasteiger partial charge in [0.05, 0.1) is 16.6 Å². The van der Waals surface area contributed by atoms with E-state index in [1.54, 1.807) is 0 Å². The normalized spacial score (nSPS) is 16.9. The second-order valence-electron chi connectivity index (χ2n) is 6.09. The maximum Gasteiger partial charge on any atom is 0.153 e. The van der Waals surface area contributed by atoms with Crippen molar-refractivity contribution >= 4 is 34.0 Å². The Hall–Kier alpha value is -1.74. The third-order valence-electron chi connectivity index (χ3n) is 4.56. The number of hydrogen-bond acceptors (Lipinski definition) is 2. The second-order valence-corrected chi connectivity index (χ2v) is 6.52. The van der Waals surface area contributed by atoms with Gasteiger partial charge in [0.1, 0.15) is 0 Å². The van der Waals surface area contributed by atoms with Crippen LogP contribution in [0.25, 0.3) is 16.6 Å². The molecule has 3 nitrogen and oxygen atoms in total. The molecule has 0 N–H and O–H groups in total. The highest BCUT2D eigenvalue weighted by Gasteiger charge is 2.16. The van der Waals surface area contributed by atoms with Crippen molar-refractivity contribution in [2.24, 2.45) is 0 Å². The van der Waals surface area contributed by atoms with Gasteiger partial charge in [-0.25, -0.2) is 4.98 Å². The molecule has 3 aromatic rings. The molecule has 0 amide bonds. The molecule has 0 unspecified atom stereocenters. The lowest BCUT2D eigenvalue weighted by Gasteiger charge is -2.27. The smallest absolute Gasteiger partial charge is 0.153 e. The highest BCUT2D eigenvalue weighted by molar-refractivity contribution is 6.31. The zero-order valence-electron chi connectivity index (χ0n) is 12.6. The number of rotatable bonds is 1. The first-order valence-corrected chi connectivity index (χ1v) is 8.52. The minimum absolute atomic E-state index is 0.753. The number of nitrogens with zero attached hydrogens (tertiary/aromatic N) is 3. The Morgan fingerprint density at radius 2 is 1.68 bits per heavy atom. The van der Waals surface area contributed by atoms with Gasteiger partial charge in [0.25, 0.3) is 0 Å². The molecular weight excluding hydrogens is 294 g/mol. The topological polar surface area (TPSA) is 20.5 Å². The molecule has 4 rings (SSSR count). The first-order valence-electron chi connectivity index (χ1n) is 8.14. The molecule has 1 saturated heterocycles. The lowest BCUT2D eigenvalue weighted by atomic mass is 10.1. The van der Waals surface area contributed by atoms with Crippen LogP contribution in [0.5, 0.6) is 0 Å². The van der Waals surface area contributed by atoms with Gasteiger partial charge in [-0.1, -0.05) is 30.9 Å². The predicted molar refractivity (Wildman–Crippen MR) is 93.0 cm³/mol. The zero-order valence-corrected chi connectivity index (χ0v) is 13.4. The van der Waals surface area contributed by atoms with Crippen LogP contribution >= 0.6 is 11.6 Å². The van der Waals surface area contributed by atoms with Crippen molar-refractivity contribution in [1.29, 1.82) is 0 Å². The van der Waals surface area contributed by atoms with Crippen LogP contribution in [0, 0.1) is 0 Å². The number of benzene rings is 1. The van der Waals surface area contributed by atoms with Gasteiger partial charge in [0.2, 0.25) is 0 Å². The fourth-order valence-corrected chi connectivity index (χ4v) is 3.59. The SMILES string of the molecule is Clc1ccc2nc(N3CCCCCCC3)c3cccn3c2c1. The van der Waals surface area contributed by atoms with Gasteiger partial charge in [-0.15, -0.1) is 0 Å². The fraction of sp³-hybridized carbons (Fsp3) is 0.389. The summed E-state index contributed by atoms with van der Waals surface area (Å²) < 4.78 is 2.21. The molecule has 0 aliphatic carbocycles. The Bertz CT molecular complexity index is 801. The lowest BCUT2D eigenvalue weighted by Crippen LogP contribution is -2.28. The Balaban J connectivity index is 1.88. The third-order valence-corrected chi connectivity index (χ3v) is 4.79. The summed E-state index contributed by atoms with van der Waals surface area (Å²) in [5.41, 5.74) is 3.25. The van der Waals surface area contributed by atoms with E-state index in [9.17, 15) is 0 Å². The van der Waals surface area contributed by atoms with Gasteiger partial charge >= 0.3 is 0 Å². The summed E-state index contributed by atoms with van der Waals surface area (Å²) in [5.74, 6) is 1.11. The molecule has 114 valence electrons. The molecule has 1 aromatic carbocycles. The molecular formula is C18H20ClN3. The van der Waals surface area contributed by atoms with E-state index < -0.39 is 0 Å². The van der Waals surface area contributed by atoms with E-state index in [2.05, 4.69) is 27.6 Å². The highest BCUT2D eigenvalue weighted by atomic mass is 35.5. The van der Waals surface area contributed by atoms with Gasteiger partial charge in [0, 0.05) is 24.3 Å². The summed E-state index contributed by atoms with van der Waals surface area (Å²) in [5, 5.41) is 0.753. The summed E-state index contributed by atoms with van der Waals surface area (Å²) >= 11 is 6.16. The minimum atomic E-state index is 0.753. The second kappa shape index (κ2) is 5.81. The molecule has 3 heterocycles. The van der Waals surface area contributed by atoms with Crippen LogP contribution < -0.4 is 4.90 Å². The van der Waals surface area contributed by atoms with E-state index in [0.29, 0.717) is 0 Å². The average molecular weight is 314 g/mol. The monoisotopic (exact) mass is 313 g/mol. The van der Waals surface area contributed by atoms with E-state index in [-0.39, 0.29) is 0 Å². The van der Waals surface area contributed by atoms with Crippen LogP contribution in [0.4, 0.5) is 5.82 Å². The Kier molecular flexibility index (Phi) is 3.67. The summed E-state index contributed by atoms with van der Waals surface area (Å²) in [6.07, 6.45) is 8.65. The first-order chi connectivity index (χ1) is 10.8. The average Bonchev–Trinajstić information content (AvgIpc) is 2.96. The summed E-state index contributed by atoms with van der Waals surface area (Å²) in [6.45, 7) is 2.21. The maximum absolute atomic E-state index is 6.16. The van der Waals surface area contributed by atoms with Gasteiger partial charge in [-0.2, -0.15) is 0 Å².